The summed E-state index contributed by atoms with van der Waals surface area (Å²) in [7, 11) is 0. The first-order chi connectivity index (χ1) is 21.4. The van der Waals surface area contributed by atoms with Crippen molar-refractivity contribution in [2.75, 3.05) is 0 Å². The van der Waals surface area contributed by atoms with Crippen LogP contribution in [-0.2, 0) is 37.0 Å². The number of fused-ring (bicyclic) bond motifs is 4. The molecule has 47 heavy (non-hydrogen) atoms. The predicted octanol–water partition coefficient (Wildman–Crippen LogP) is 11.3. The summed E-state index contributed by atoms with van der Waals surface area (Å²) < 4.78 is 7.47. The molecule has 1 unspecified atom stereocenters. The second-order valence-corrected chi connectivity index (χ2v) is 24.3. The van der Waals surface area contributed by atoms with Gasteiger partial charge in [-0.15, -0.1) is 24.8 Å². The smallest absolute Gasteiger partial charge is 0.147 e. The third-order valence-electron chi connectivity index (χ3n) is 9.92. The molecular formula is C43H44Cl3Zr. The molecule has 0 saturated carbocycles. The maximum atomic E-state index is 6.45. The van der Waals surface area contributed by atoms with Gasteiger partial charge in [0, 0.05) is 0 Å². The van der Waals surface area contributed by atoms with E-state index >= 15 is 0 Å². The van der Waals surface area contributed by atoms with Gasteiger partial charge in [0.15, 0.2) is 0 Å². The molecule has 0 heterocycles. The first-order valence-electron chi connectivity index (χ1n) is 16.2. The molecule has 5 aromatic carbocycles. The Morgan fingerprint density at radius 2 is 1.36 bits per heavy atom. The first-order valence-corrected chi connectivity index (χ1v) is 21.7. The summed E-state index contributed by atoms with van der Waals surface area (Å²) >= 11 is 2.53. The van der Waals surface area contributed by atoms with E-state index in [-0.39, 0.29) is 35.6 Å². The molecule has 0 fully saturated rings. The van der Waals surface area contributed by atoms with E-state index in [0.717, 1.165) is 17.9 Å². The van der Waals surface area contributed by atoms with Gasteiger partial charge in [0.05, 0.1) is 0 Å². The number of hydrogen-bond donors (Lipinski definition) is 0. The topological polar surface area (TPSA) is 0 Å². The molecule has 241 valence electrons. The molecular weight excluding hydrogens is 714 g/mol. The third-order valence-corrected chi connectivity index (χ3v) is 21.8. The van der Waals surface area contributed by atoms with Gasteiger partial charge < -0.3 is 0 Å². The summed E-state index contributed by atoms with van der Waals surface area (Å²) in [6.45, 7) is 14.1. The average Bonchev–Trinajstić information content (AvgIpc) is 3.68. The van der Waals surface area contributed by atoms with E-state index in [2.05, 4.69) is 148 Å². The molecule has 0 amide bonds. The van der Waals surface area contributed by atoms with Crippen LogP contribution in [0.4, 0.5) is 0 Å². The van der Waals surface area contributed by atoms with Gasteiger partial charge in [-0.1, -0.05) is 0 Å². The van der Waals surface area contributed by atoms with Crippen LogP contribution in [0, 0.1) is 0 Å². The second-order valence-electron chi connectivity index (χ2n) is 15.0. The summed E-state index contributed by atoms with van der Waals surface area (Å²) in [5, 5.41) is 3.48. The Hall–Kier alpha value is -2.54. The average molecular weight is 758 g/mol. The van der Waals surface area contributed by atoms with Crippen molar-refractivity contribution in [1.82, 2.24) is 0 Å². The Balaban J connectivity index is 0.00000217. The van der Waals surface area contributed by atoms with Crippen molar-refractivity contribution in [2.45, 2.75) is 65.2 Å². The van der Waals surface area contributed by atoms with Gasteiger partial charge in [0.2, 0.25) is 0 Å². The van der Waals surface area contributed by atoms with Crippen molar-refractivity contribution >= 4 is 57.4 Å². The Morgan fingerprint density at radius 3 is 2.04 bits per heavy atom. The fourth-order valence-electron chi connectivity index (χ4n) is 7.38. The van der Waals surface area contributed by atoms with E-state index in [1.165, 1.54) is 53.0 Å². The zero-order chi connectivity index (χ0) is 31.6. The third kappa shape index (κ3) is 6.47. The molecule has 0 aliphatic heterocycles. The molecule has 0 aromatic heterocycles. The molecule has 4 heteroatoms. The number of benzene rings is 5. The van der Waals surface area contributed by atoms with Crippen molar-refractivity contribution < 1.29 is 19.8 Å². The molecule has 2 aliphatic carbocycles. The van der Waals surface area contributed by atoms with Crippen LogP contribution >= 0.6 is 36.4 Å². The Bertz CT molecular complexity index is 2080. The number of allylic oxidation sites excluding steroid dienone is 4. The number of halogens is 3. The van der Waals surface area contributed by atoms with Gasteiger partial charge in [-0.05, 0) is 0 Å². The van der Waals surface area contributed by atoms with Crippen molar-refractivity contribution in [3.8, 4) is 11.1 Å². The van der Waals surface area contributed by atoms with Crippen LogP contribution < -0.4 is 6.54 Å². The quantitative estimate of drug-likeness (QED) is 0.168. The van der Waals surface area contributed by atoms with E-state index in [9.17, 15) is 0 Å². The standard InChI is InChI=1S/C21H25.C10H7.C7H5Cl.C5H5.2ClH.Zr/c1-20(2,3)16-9-7-14-11-15-8-10-17(21(4,5)6)13-19(15)18(14)12-16;1-2-6-10-8-4-3-7-9(10)5-1;1-6-2-4-7(8)5-3-6;1-2-4-5-3-1;;;/h7,9-10,12-13H,11H2,1-6H3;1-7H;1-5H;1-3H,4H2;2*1H;. The summed E-state index contributed by atoms with van der Waals surface area (Å²) in [6.07, 6.45) is 9.09. The van der Waals surface area contributed by atoms with Crippen molar-refractivity contribution in [1.29, 1.82) is 0 Å². The van der Waals surface area contributed by atoms with Crippen molar-refractivity contribution in [3.05, 3.63) is 151 Å². The fourth-order valence-corrected chi connectivity index (χ4v) is 20.0. The van der Waals surface area contributed by atoms with Crippen LogP contribution in [-0.4, -0.2) is 3.71 Å². The monoisotopic (exact) mass is 755 g/mol. The summed E-state index contributed by atoms with van der Waals surface area (Å²) in [6, 6.07) is 37.0. The summed E-state index contributed by atoms with van der Waals surface area (Å²) in [5.41, 5.74) is 10.0. The molecule has 1 atom stereocenters. The number of hydrogen-bond acceptors (Lipinski definition) is 0. The zero-order valence-electron chi connectivity index (χ0n) is 28.2. The van der Waals surface area contributed by atoms with Gasteiger partial charge in [0.1, 0.15) is 0 Å². The van der Waals surface area contributed by atoms with E-state index < -0.39 is 19.8 Å². The van der Waals surface area contributed by atoms with Crippen molar-refractivity contribution in [2.24, 2.45) is 0 Å². The van der Waals surface area contributed by atoms with Gasteiger partial charge >= 0.3 is 280 Å². The molecule has 0 spiro atoms. The molecule has 5 aromatic rings. The fraction of sp³-hybridized carbons (Fsp3) is 0.233. The largest absolute Gasteiger partial charge is 0.147 e. The number of rotatable bonds is 4. The second kappa shape index (κ2) is 13.4. The molecule has 0 N–H and O–H groups in total. The molecule has 7 rings (SSSR count). The maximum absolute atomic E-state index is 6.45. The summed E-state index contributed by atoms with van der Waals surface area (Å²) in [5.74, 6) is 0. The van der Waals surface area contributed by atoms with Crippen LogP contribution in [0.2, 0.25) is 5.02 Å². The van der Waals surface area contributed by atoms with Crippen LogP contribution in [0.1, 0.15) is 75.8 Å². The van der Waals surface area contributed by atoms with Crippen LogP contribution in [0.3, 0.4) is 0 Å². The maximum Gasteiger partial charge on any atom is -0.147 e. The minimum absolute atomic E-state index is 0. The van der Waals surface area contributed by atoms with Gasteiger partial charge in [-0.2, -0.15) is 0 Å². The molecule has 0 nitrogen and oxygen atoms in total. The first kappa shape index (κ1) is 35.8. The normalized spacial score (nSPS) is 14.8. The minimum Gasteiger partial charge on any atom is -0.147 e. The SMILES string of the molecule is CC(C)(C)c1ccc2c(c1)-c1cc(C(C)(C)C)c[c]([Zr](=[CH]c3ccc(Cl)cc3)([C]3=CC=CC3)[c]3cccc4ccccc34)c1C2.Cl.Cl. The van der Waals surface area contributed by atoms with Gasteiger partial charge in [-0.3, -0.25) is 0 Å². The Kier molecular flexibility index (Phi) is 10.2. The predicted molar refractivity (Wildman–Crippen MR) is 208 cm³/mol. The molecule has 0 radical (unpaired) electrons. The minimum atomic E-state index is -3.92. The van der Waals surface area contributed by atoms with Crippen molar-refractivity contribution in [3.63, 3.8) is 0 Å². The Labute approximate surface area is 302 Å². The summed E-state index contributed by atoms with van der Waals surface area (Å²) in [4.78, 5) is 0. The van der Waals surface area contributed by atoms with E-state index in [4.69, 9.17) is 11.6 Å². The van der Waals surface area contributed by atoms with E-state index in [1.807, 2.05) is 12.1 Å². The van der Waals surface area contributed by atoms with E-state index in [1.54, 1.807) is 6.55 Å². The Morgan fingerprint density at radius 1 is 0.681 bits per heavy atom. The van der Waals surface area contributed by atoms with Crippen LogP contribution in [0.25, 0.3) is 21.9 Å². The van der Waals surface area contributed by atoms with E-state index in [0.29, 0.717) is 0 Å². The van der Waals surface area contributed by atoms with Gasteiger partial charge in [0.25, 0.3) is 0 Å². The van der Waals surface area contributed by atoms with Gasteiger partial charge in [-0.25, -0.2) is 0 Å². The van der Waals surface area contributed by atoms with Crippen LogP contribution in [0.5, 0.6) is 0 Å². The zero-order valence-corrected chi connectivity index (χ0v) is 33.0. The molecule has 0 bridgehead atoms. The van der Waals surface area contributed by atoms with Crippen LogP contribution in [0.15, 0.2) is 119 Å². The molecule has 2 aliphatic rings. The molecule has 0 saturated heterocycles.